The zero-order valence-electron chi connectivity index (χ0n) is 15.2. The molecule has 6 nitrogen and oxygen atoms in total. The number of carbonyl (C=O) groups is 1. The summed E-state index contributed by atoms with van der Waals surface area (Å²) >= 11 is 0. The van der Waals surface area contributed by atoms with Crippen molar-refractivity contribution in [2.45, 2.75) is 58.2 Å². The predicted octanol–water partition coefficient (Wildman–Crippen LogP) is 1.79. The van der Waals surface area contributed by atoms with Gasteiger partial charge in [-0.05, 0) is 43.6 Å². The van der Waals surface area contributed by atoms with Crippen LogP contribution in [-0.2, 0) is 17.9 Å². The molecule has 0 unspecified atom stereocenters. The summed E-state index contributed by atoms with van der Waals surface area (Å²) in [6.45, 7) is 7.54. The lowest BCUT2D eigenvalue weighted by atomic mass is 9.99. The van der Waals surface area contributed by atoms with E-state index in [4.69, 9.17) is 0 Å². The van der Waals surface area contributed by atoms with Gasteiger partial charge in [0, 0.05) is 39.1 Å². The molecule has 3 aliphatic rings. The van der Waals surface area contributed by atoms with E-state index in [0.29, 0.717) is 18.2 Å². The van der Waals surface area contributed by atoms with E-state index >= 15 is 0 Å². The summed E-state index contributed by atoms with van der Waals surface area (Å²) in [6, 6.07) is 2.06. The number of carbonyl (C=O) groups excluding carboxylic acids is 1. The Labute approximate surface area is 149 Å². The monoisotopic (exact) mass is 346 g/mol. The molecule has 1 saturated carbocycles. The van der Waals surface area contributed by atoms with Crippen molar-refractivity contribution in [1.29, 1.82) is 0 Å². The quantitative estimate of drug-likeness (QED) is 0.883. The Morgan fingerprint density at radius 2 is 2.00 bits per heavy atom. The van der Waals surface area contributed by atoms with Crippen molar-refractivity contribution < 1.29 is 9.90 Å². The molecule has 0 spiro atoms. The molecule has 6 heteroatoms. The van der Waals surface area contributed by atoms with Crippen LogP contribution in [0.3, 0.4) is 0 Å². The van der Waals surface area contributed by atoms with Crippen molar-refractivity contribution in [3.8, 4) is 0 Å². The molecule has 0 aromatic carbocycles. The van der Waals surface area contributed by atoms with Gasteiger partial charge in [-0.25, -0.2) is 0 Å². The number of aliphatic hydroxyl groups is 1. The molecule has 2 aliphatic heterocycles. The highest BCUT2D eigenvalue weighted by molar-refractivity contribution is 5.76. The SMILES string of the molecule is CC1CCN(C(=O)CCN2CCn3nc([C@H](O)C4CC4)cc3C2)CC1. The second-order valence-corrected chi connectivity index (χ2v) is 8.16. The number of nitrogens with zero attached hydrogens (tertiary/aromatic N) is 4. The van der Waals surface area contributed by atoms with Gasteiger partial charge in [0.05, 0.1) is 17.9 Å². The van der Waals surface area contributed by atoms with Crippen molar-refractivity contribution in [2.24, 2.45) is 11.8 Å². The van der Waals surface area contributed by atoms with E-state index < -0.39 is 6.10 Å². The van der Waals surface area contributed by atoms with E-state index in [-0.39, 0.29) is 0 Å². The minimum Gasteiger partial charge on any atom is -0.386 e. The molecule has 4 rings (SSSR count). The molecule has 138 valence electrons. The molecule has 3 heterocycles. The first-order valence-electron chi connectivity index (χ1n) is 9.85. The zero-order chi connectivity index (χ0) is 17.4. The van der Waals surface area contributed by atoms with Crippen molar-refractivity contribution in [3.63, 3.8) is 0 Å². The Balaban J connectivity index is 1.28. The molecule has 1 aromatic rings. The number of amides is 1. The standard InChI is InChI=1S/C19H30N4O2/c1-14-4-8-22(9-5-14)18(24)6-7-21-10-11-23-16(13-21)12-17(20-23)19(25)15-2-3-15/h12,14-15,19,25H,2-11,13H2,1H3/t19-/m1/s1. The normalized spacial score (nSPS) is 23.5. The van der Waals surface area contributed by atoms with Gasteiger partial charge in [-0.15, -0.1) is 0 Å². The molecular formula is C19H30N4O2. The average molecular weight is 346 g/mol. The second-order valence-electron chi connectivity index (χ2n) is 8.16. The smallest absolute Gasteiger partial charge is 0.223 e. The molecule has 1 N–H and O–H groups in total. The summed E-state index contributed by atoms with van der Waals surface area (Å²) in [6.07, 6.45) is 4.73. The average Bonchev–Trinajstić information content (AvgIpc) is 3.38. The van der Waals surface area contributed by atoms with Gasteiger partial charge in [0.15, 0.2) is 0 Å². The van der Waals surface area contributed by atoms with Crippen LogP contribution in [0.2, 0.25) is 0 Å². The van der Waals surface area contributed by atoms with Gasteiger partial charge in [0.1, 0.15) is 6.10 Å². The fourth-order valence-electron chi connectivity index (χ4n) is 4.00. The summed E-state index contributed by atoms with van der Waals surface area (Å²) in [5.41, 5.74) is 2.00. The largest absolute Gasteiger partial charge is 0.386 e. The van der Waals surface area contributed by atoms with Crippen LogP contribution in [0.5, 0.6) is 0 Å². The first kappa shape index (κ1) is 17.0. The van der Waals surface area contributed by atoms with E-state index in [0.717, 1.165) is 76.6 Å². The van der Waals surface area contributed by atoms with E-state index in [9.17, 15) is 9.90 Å². The summed E-state index contributed by atoms with van der Waals surface area (Å²) in [4.78, 5) is 16.8. The molecule has 1 aliphatic carbocycles. The van der Waals surface area contributed by atoms with Gasteiger partial charge in [-0.2, -0.15) is 5.10 Å². The number of fused-ring (bicyclic) bond motifs is 1. The lowest BCUT2D eigenvalue weighted by molar-refractivity contribution is -0.132. The van der Waals surface area contributed by atoms with Crippen LogP contribution in [0.25, 0.3) is 0 Å². The van der Waals surface area contributed by atoms with Crippen LogP contribution in [0, 0.1) is 11.8 Å². The minimum absolute atomic E-state index is 0.302. The molecular weight excluding hydrogens is 316 g/mol. The summed E-state index contributed by atoms with van der Waals surface area (Å²) in [5.74, 6) is 1.47. The van der Waals surface area contributed by atoms with Crippen molar-refractivity contribution >= 4 is 5.91 Å². The highest BCUT2D eigenvalue weighted by Crippen LogP contribution is 2.40. The molecule has 2 fully saturated rings. The molecule has 0 bridgehead atoms. The Hall–Kier alpha value is -1.40. The maximum Gasteiger partial charge on any atom is 0.223 e. The van der Waals surface area contributed by atoms with Gasteiger partial charge >= 0.3 is 0 Å². The van der Waals surface area contributed by atoms with Crippen LogP contribution in [0.4, 0.5) is 0 Å². The molecule has 25 heavy (non-hydrogen) atoms. The lowest BCUT2D eigenvalue weighted by Gasteiger charge is -2.32. The topological polar surface area (TPSA) is 61.6 Å². The highest BCUT2D eigenvalue weighted by Gasteiger charge is 2.33. The van der Waals surface area contributed by atoms with Crippen molar-refractivity contribution in [3.05, 3.63) is 17.5 Å². The summed E-state index contributed by atoms with van der Waals surface area (Å²) in [7, 11) is 0. The van der Waals surface area contributed by atoms with E-state index in [1.165, 1.54) is 5.69 Å². The number of hydrogen-bond donors (Lipinski definition) is 1. The first-order chi connectivity index (χ1) is 12.1. The van der Waals surface area contributed by atoms with Gasteiger partial charge < -0.3 is 10.0 Å². The van der Waals surface area contributed by atoms with Crippen LogP contribution in [0.15, 0.2) is 6.07 Å². The van der Waals surface area contributed by atoms with Crippen molar-refractivity contribution in [2.75, 3.05) is 26.2 Å². The van der Waals surface area contributed by atoms with Gasteiger partial charge in [0.2, 0.25) is 5.91 Å². The van der Waals surface area contributed by atoms with Crippen LogP contribution >= 0.6 is 0 Å². The summed E-state index contributed by atoms with van der Waals surface area (Å²) < 4.78 is 2.03. The Bertz CT molecular complexity index is 617. The van der Waals surface area contributed by atoms with Crippen LogP contribution < -0.4 is 0 Å². The Morgan fingerprint density at radius 3 is 2.72 bits per heavy atom. The number of hydrogen-bond acceptors (Lipinski definition) is 4. The van der Waals surface area contributed by atoms with Crippen molar-refractivity contribution in [1.82, 2.24) is 19.6 Å². The number of aliphatic hydroxyl groups excluding tert-OH is 1. The number of aromatic nitrogens is 2. The lowest BCUT2D eigenvalue weighted by Crippen LogP contribution is -2.41. The summed E-state index contributed by atoms with van der Waals surface area (Å²) in [5, 5.41) is 14.9. The third kappa shape index (κ3) is 3.90. The third-order valence-electron chi connectivity index (χ3n) is 6.05. The highest BCUT2D eigenvalue weighted by atomic mass is 16.3. The maximum absolute atomic E-state index is 12.4. The fraction of sp³-hybridized carbons (Fsp3) is 0.789. The van der Waals surface area contributed by atoms with E-state index in [2.05, 4.69) is 23.0 Å². The molecule has 0 radical (unpaired) electrons. The number of rotatable bonds is 5. The second kappa shape index (κ2) is 7.08. The fourth-order valence-corrected chi connectivity index (χ4v) is 4.00. The van der Waals surface area contributed by atoms with E-state index in [1.54, 1.807) is 0 Å². The van der Waals surface area contributed by atoms with Gasteiger partial charge in [-0.3, -0.25) is 14.4 Å². The molecule has 1 aromatic heterocycles. The maximum atomic E-state index is 12.4. The molecule has 1 saturated heterocycles. The Morgan fingerprint density at radius 1 is 1.24 bits per heavy atom. The third-order valence-corrected chi connectivity index (χ3v) is 6.05. The predicted molar refractivity (Wildman–Crippen MR) is 94.8 cm³/mol. The Kier molecular flexibility index (Phi) is 4.82. The first-order valence-corrected chi connectivity index (χ1v) is 9.85. The minimum atomic E-state index is -0.394. The number of piperidine rings is 1. The zero-order valence-corrected chi connectivity index (χ0v) is 15.2. The molecule has 1 amide bonds. The molecule has 1 atom stereocenters. The van der Waals surface area contributed by atoms with Gasteiger partial charge in [0.25, 0.3) is 0 Å². The van der Waals surface area contributed by atoms with E-state index in [1.807, 2.05) is 9.58 Å². The van der Waals surface area contributed by atoms with Gasteiger partial charge in [-0.1, -0.05) is 6.92 Å². The number of likely N-dealkylation sites (tertiary alicyclic amines) is 1. The van der Waals surface area contributed by atoms with Crippen LogP contribution in [0.1, 0.15) is 56.5 Å². The van der Waals surface area contributed by atoms with Crippen LogP contribution in [-0.4, -0.2) is 56.8 Å².